The first-order valence-corrected chi connectivity index (χ1v) is 3.07. The molecule has 13 heavy (non-hydrogen) atoms. The summed E-state index contributed by atoms with van der Waals surface area (Å²) >= 11 is 0. The molecule has 0 aliphatic carbocycles. The van der Waals surface area contributed by atoms with Gasteiger partial charge >= 0.3 is 12.1 Å². The van der Waals surface area contributed by atoms with Crippen LogP contribution in [0.4, 0.5) is 13.2 Å². The Morgan fingerprint density at radius 3 is 1.62 bits per heavy atom. The van der Waals surface area contributed by atoms with Crippen LogP contribution in [0.15, 0.2) is 0 Å². The largest absolute Gasteiger partial charge is 0.490 e. The summed E-state index contributed by atoms with van der Waals surface area (Å²) in [6.07, 6.45) is -0.153. The van der Waals surface area contributed by atoms with Crippen molar-refractivity contribution in [3.63, 3.8) is 0 Å². The first-order chi connectivity index (χ1) is 5.50. The van der Waals surface area contributed by atoms with E-state index in [0.29, 0.717) is 0 Å². The van der Waals surface area contributed by atoms with Gasteiger partial charge in [0.05, 0.1) is 5.54 Å². The molecule has 0 saturated carbocycles. The topological polar surface area (TPSA) is 63.3 Å². The maximum atomic E-state index is 10.6. The fourth-order valence-electron chi connectivity index (χ4n) is 0. The van der Waals surface area contributed by atoms with Crippen LogP contribution in [0.2, 0.25) is 0 Å². The molecule has 6 heteroatoms. The summed E-state index contributed by atoms with van der Waals surface area (Å²) < 4.78 is 31.7. The molecule has 3 N–H and O–H groups in total. The van der Waals surface area contributed by atoms with Crippen molar-refractivity contribution in [1.29, 1.82) is 0 Å². The molecule has 0 atom stereocenters. The van der Waals surface area contributed by atoms with E-state index in [2.05, 4.69) is 5.92 Å². The van der Waals surface area contributed by atoms with Crippen LogP contribution < -0.4 is 5.73 Å². The lowest BCUT2D eigenvalue weighted by Gasteiger charge is -2.05. The zero-order valence-electron chi connectivity index (χ0n) is 7.14. The maximum absolute atomic E-state index is 10.6. The lowest BCUT2D eigenvalue weighted by Crippen LogP contribution is -2.28. The van der Waals surface area contributed by atoms with Crippen molar-refractivity contribution in [2.24, 2.45) is 5.73 Å². The highest BCUT2D eigenvalue weighted by Crippen LogP contribution is 2.13. The van der Waals surface area contributed by atoms with E-state index >= 15 is 0 Å². The number of carboxylic acid groups (broad SMARTS) is 1. The van der Waals surface area contributed by atoms with E-state index in [1.54, 1.807) is 13.8 Å². The predicted molar refractivity (Wildman–Crippen MR) is 40.8 cm³/mol. The Bertz CT molecular complexity index is 209. The number of hydrogen-bond donors (Lipinski definition) is 2. The maximum Gasteiger partial charge on any atom is 0.490 e. The minimum absolute atomic E-state index is 0.431. The van der Waals surface area contributed by atoms with Gasteiger partial charge in [-0.05, 0) is 13.8 Å². The average Bonchev–Trinajstić information content (AvgIpc) is 1.85. The summed E-state index contributed by atoms with van der Waals surface area (Å²) in [5, 5.41) is 7.12. The number of alkyl halides is 3. The predicted octanol–water partition coefficient (Wildman–Crippen LogP) is 0.990. The highest BCUT2D eigenvalue weighted by molar-refractivity contribution is 5.73. The summed E-state index contributed by atoms with van der Waals surface area (Å²) in [5.74, 6) is -0.375. The highest BCUT2D eigenvalue weighted by Gasteiger charge is 2.38. The van der Waals surface area contributed by atoms with E-state index in [1.165, 1.54) is 0 Å². The van der Waals surface area contributed by atoms with Gasteiger partial charge in [-0.1, -0.05) is 5.92 Å². The Morgan fingerprint density at radius 1 is 1.46 bits per heavy atom. The summed E-state index contributed by atoms with van der Waals surface area (Å²) in [6, 6.07) is 0. The molecule has 0 heterocycles. The lowest BCUT2D eigenvalue weighted by molar-refractivity contribution is -0.192. The molecule has 0 aromatic heterocycles. The van der Waals surface area contributed by atoms with Gasteiger partial charge in [-0.2, -0.15) is 13.2 Å². The molecular weight excluding hydrogens is 187 g/mol. The molecule has 3 nitrogen and oxygen atoms in total. The quantitative estimate of drug-likeness (QED) is 0.569. The summed E-state index contributed by atoms with van der Waals surface area (Å²) in [7, 11) is 0. The van der Waals surface area contributed by atoms with Crippen LogP contribution in [0.5, 0.6) is 0 Å². The third-order valence-corrected chi connectivity index (χ3v) is 0.615. The van der Waals surface area contributed by atoms with Crippen LogP contribution in [-0.2, 0) is 4.79 Å². The number of rotatable bonds is 0. The van der Waals surface area contributed by atoms with Crippen molar-refractivity contribution in [3.8, 4) is 12.3 Å². The van der Waals surface area contributed by atoms with Crippen LogP contribution in [0.25, 0.3) is 0 Å². The van der Waals surface area contributed by atoms with Gasteiger partial charge < -0.3 is 10.8 Å². The third kappa shape index (κ3) is 13.7. The number of hydrogen-bond acceptors (Lipinski definition) is 2. The average molecular weight is 197 g/mol. The van der Waals surface area contributed by atoms with Crippen molar-refractivity contribution >= 4 is 5.97 Å². The van der Waals surface area contributed by atoms with Gasteiger partial charge in [0.25, 0.3) is 0 Å². The molecule has 0 aromatic carbocycles. The van der Waals surface area contributed by atoms with Gasteiger partial charge in [0.1, 0.15) is 0 Å². The summed E-state index contributed by atoms with van der Waals surface area (Å²) in [6.45, 7) is 3.57. The van der Waals surface area contributed by atoms with E-state index < -0.39 is 17.7 Å². The van der Waals surface area contributed by atoms with Crippen molar-refractivity contribution in [2.45, 2.75) is 25.6 Å². The molecule has 0 rings (SSSR count). The van der Waals surface area contributed by atoms with E-state index in [-0.39, 0.29) is 0 Å². The molecular formula is C7H10F3NO2. The number of nitrogens with two attached hydrogens (primary N) is 1. The van der Waals surface area contributed by atoms with Crippen LogP contribution in [0, 0.1) is 12.3 Å². The number of carboxylic acids is 1. The second-order valence-corrected chi connectivity index (χ2v) is 2.67. The molecule has 0 fully saturated rings. The number of terminal acetylenes is 1. The number of carbonyl (C=O) groups is 1. The van der Waals surface area contributed by atoms with Crippen LogP contribution in [-0.4, -0.2) is 22.8 Å². The standard InChI is InChI=1S/C5H9N.C2HF3O2/c1-4-5(2,3)6;3-2(4,5)1(6)7/h1H,6H2,2-3H3;(H,6,7). The Balaban J connectivity index is 0. The Hall–Kier alpha value is -1.22. The van der Waals surface area contributed by atoms with Crippen LogP contribution in [0.3, 0.4) is 0 Å². The number of aliphatic carboxylic acids is 1. The summed E-state index contributed by atoms with van der Waals surface area (Å²) in [5.41, 5.74) is 4.87. The monoisotopic (exact) mass is 197 g/mol. The zero-order valence-corrected chi connectivity index (χ0v) is 7.14. The minimum atomic E-state index is -5.08. The smallest absolute Gasteiger partial charge is 0.475 e. The molecule has 0 unspecified atom stereocenters. The van der Waals surface area contributed by atoms with E-state index in [0.717, 1.165) is 0 Å². The molecule has 0 amide bonds. The Kier molecular flexibility index (Phi) is 5.20. The lowest BCUT2D eigenvalue weighted by atomic mass is 10.1. The van der Waals surface area contributed by atoms with Gasteiger partial charge in [-0.15, -0.1) is 6.42 Å². The van der Waals surface area contributed by atoms with Crippen LogP contribution >= 0.6 is 0 Å². The van der Waals surface area contributed by atoms with Gasteiger partial charge in [-0.25, -0.2) is 4.79 Å². The minimum Gasteiger partial charge on any atom is -0.475 e. The Labute approximate surface area is 73.7 Å². The highest BCUT2D eigenvalue weighted by atomic mass is 19.4. The number of halogens is 3. The molecule has 0 radical (unpaired) electrons. The first kappa shape index (κ1) is 14.3. The van der Waals surface area contributed by atoms with Crippen molar-refractivity contribution in [2.75, 3.05) is 0 Å². The second kappa shape index (κ2) is 4.72. The van der Waals surface area contributed by atoms with E-state index in [4.69, 9.17) is 22.1 Å². The van der Waals surface area contributed by atoms with Gasteiger partial charge in [0.2, 0.25) is 0 Å². The van der Waals surface area contributed by atoms with E-state index in [9.17, 15) is 13.2 Å². The molecule has 0 spiro atoms. The van der Waals surface area contributed by atoms with E-state index in [1.807, 2.05) is 0 Å². The fourth-order valence-corrected chi connectivity index (χ4v) is 0. The molecule has 0 aliphatic heterocycles. The second-order valence-electron chi connectivity index (χ2n) is 2.67. The molecule has 0 aromatic rings. The fraction of sp³-hybridized carbons (Fsp3) is 0.571. The van der Waals surface area contributed by atoms with Gasteiger partial charge in [0, 0.05) is 0 Å². The molecule has 0 saturated heterocycles. The third-order valence-electron chi connectivity index (χ3n) is 0.615. The van der Waals surface area contributed by atoms with Crippen molar-refractivity contribution in [1.82, 2.24) is 0 Å². The van der Waals surface area contributed by atoms with Gasteiger partial charge in [0.15, 0.2) is 0 Å². The normalized spacial score (nSPS) is 10.8. The SMILES string of the molecule is C#CC(C)(C)N.O=C(O)C(F)(F)F. The molecule has 76 valence electrons. The first-order valence-electron chi connectivity index (χ1n) is 3.07. The van der Waals surface area contributed by atoms with Gasteiger partial charge in [-0.3, -0.25) is 0 Å². The zero-order chi connectivity index (χ0) is 11.3. The van der Waals surface area contributed by atoms with Crippen molar-refractivity contribution < 1.29 is 23.1 Å². The van der Waals surface area contributed by atoms with Crippen molar-refractivity contribution in [3.05, 3.63) is 0 Å². The van der Waals surface area contributed by atoms with Crippen LogP contribution in [0.1, 0.15) is 13.8 Å². The Morgan fingerprint density at radius 2 is 1.62 bits per heavy atom. The molecule has 0 bridgehead atoms. The molecule has 0 aliphatic rings. The summed E-state index contributed by atoms with van der Waals surface area (Å²) in [4.78, 5) is 8.90.